The SMILES string of the molecule is CC[C@H]1OC(=O)[C@H](C)[C@@H](O[C@H]2C[C@H](C)[C@@H](O)[C@H](C)O2)[C@H](C)[C@@H](O[C@@H]2O[C@H](C)C[C@H](NC)[C@H]2O)[C@@]2(C)CC(C)=C(O2)[C@H](C)C(=O)[C@]1(C)OC. The Morgan fingerprint density at radius 1 is 0.979 bits per heavy atom. The molecule has 0 saturated carbocycles. The molecule has 4 heterocycles. The number of aliphatic hydroxyl groups is 2. The van der Waals surface area contributed by atoms with Gasteiger partial charge in [0.25, 0.3) is 0 Å². The Morgan fingerprint density at radius 3 is 2.23 bits per heavy atom. The summed E-state index contributed by atoms with van der Waals surface area (Å²) >= 11 is 0. The van der Waals surface area contributed by atoms with Crippen LogP contribution in [0.5, 0.6) is 0 Å². The van der Waals surface area contributed by atoms with Crippen molar-refractivity contribution in [3.05, 3.63) is 11.3 Å². The maximum Gasteiger partial charge on any atom is 0.311 e. The number of nitrogens with one attached hydrogen (secondary N) is 1. The second-order valence-electron chi connectivity index (χ2n) is 15.2. The highest BCUT2D eigenvalue weighted by molar-refractivity contribution is 5.92. The van der Waals surface area contributed by atoms with Gasteiger partial charge in [-0.2, -0.15) is 0 Å². The molecule has 48 heavy (non-hydrogen) atoms. The van der Waals surface area contributed by atoms with Gasteiger partial charge in [-0.1, -0.05) is 20.8 Å². The average molecular weight is 684 g/mol. The van der Waals surface area contributed by atoms with Gasteiger partial charge in [-0.05, 0) is 79.8 Å². The summed E-state index contributed by atoms with van der Waals surface area (Å²) in [5.41, 5.74) is -1.59. The number of hydrogen-bond donors (Lipinski definition) is 3. The van der Waals surface area contributed by atoms with E-state index in [2.05, 4.69) is 5.32 Å². The molecule has 4 aliphatic rings. The number of aliphatic hydroxyl groups excluding tert-OH is 2. The van der Waals surface area contributed by atoms with Crippen molar-refractivity contribution in [2.24, 2.45) is 23.7 Å². The first-order valence-electron chi connectivity index (χ1n) is 17.8. The fraction of sp³-hybridized carbons (Fsp3) is 0.889. The van der Waals surface area contributed by atoms with Crippen LogP contribution in [0.25, 0.3) is 0 Å². The highest BCUT2D eigenvalue weighted by atomic mass is 16.7. The number of likely N-dealkylation sites (N-methyl/N-ethyl adjacent to an activating group) is 1. The number of allylic oxidation sites excluding steroid dienone is 1. The number of fused-ring (bicyclic) bond motifs is 2. The van der Waals surface area contributed by atoms with Crippen LogP contribution >= 0.6 is 0 Å². The molecule has 12 nitrogen and oxygen atoms in total. The van der Waals surface area contributed by atoms with Crippen LogP contribution in [-0.2, 0) is 42.7 Å². The second-order valence-corrected chi connectivity index (χ2v) is 15.2. The first-order chi connectivity index (χ1) is 22.4. The fourth-order valence-corrected chi connectivity index (χ4v) is 8.35. The smallest absolute Gasteiger partial charge is 0.311 e. The minimum Gasteiger partial charge on any atom is -0.488 e. The Balaban J connectivity index is 1.83. The van der Waals surface area contributed by atoms with Crippen molar-refractivity contribution < 1.29 is 53.0 Å². The summed E-state index contributed by atoms with van der Waals surface area (Å²) in [6.45, 7) is 18.5. The van der Waals surface area contributed by atoms with Crippen LogP contribution in [0.2, 0.25) is 0 Å². The number of hydrogen-bond acceptors (Lipinski definition) is 12. The zero-order chi connectivity index (χ0) is 35.9. The van der Waals surface area contributed by atoms with Gasteiger partial charge in [0.05, 0.1) is 36.3 Å². The molecule has 0 aromatic carbocycles. The average Bonchev–Trinajstić information content (AvgIpc) is 3.36. The first kappa shape index (κ1) is 39.2. The Labute approximate surface area is 286 Å². The lowest BCUT2D eigenvalue weighted by Gasteiger charge is -2.47. The lowest BCUT2D eigenvalue weighted by molar-refractivity contribution is -0.304. The number of methoxy groups -OCH3 is 1. The largest absolute Gasteiger partial charge is 0.488 e. The van der Waals surface area contributed by atoms with Crippen molar-refractivity contribution >= 4 is 11.8 Å². The molecule has 0 radical (unpaired) electrons. The Bertz CT molecular complexity index is 1170. The number of ether oxygens (including phenoxy) is 7. The minimum atomic E-state index is -1.45. The van der Waals surface area contributed by atoms with Crippen molar-refractivity contribution in [2.45, 2.75) is 167 Å². The van der Waals surface area contributed by atoms with E-state index >= 15 is 0 Å². The molecular formula is C36H61NO11. The molecule has 3 saturated heterocycles. The molecular weight excluding hydrogens is 622 g/mol. The third kappa shape index (κ3) is 7.51. The summed E-state index contributed by atoms with van der Waals surface area (Å²) in [6, 6.07) is -0.266. The third-order valence-corrected chi connectivity index (χ3v) is 11.4. The summed E-state index contributed by atoms with van der Waals surface area (Å²) in [5, 5.41) is 25.1. The number of esters is 1. The lowest BCUT2D eigenvalue weighted by atomic mass is 9.79. The third-order valence-electron chi connectivity index (χ3n) is 11.4. The Morgan fingerprint density at radius 2 is 1.65 bits per heavy atom. The molecule has 0 aromatic heterocycles. The molecule has 4 aliphatic heterocycles. The second kappa shape index (κ2) is 15.3. The molecule has 12 heteroatoms. The van der Waals surface area contributed by atoms with Crippen LogP contribution in [0.3, 0.4) is 0 Å². The van der Waals surface area contributed by atoms with Gasteiger partial charge in [-0.15, -0.1) is 0 Å². The summed E-state index contributed by atoms with van der Waals surface area (Å²) < 4.78 is 44.7. The highest BCUT2D eigenvalue weighted by Crippen LogP contribution is 2.46. The van der Waals surface area contributed by atoms with Crippen molar-refractivity contribution in [1.29, 1.82) is 0 Å². The number of rotatable bonds is 7. The standard InChI is InChI=1S/C36H61NO11/c1-13-25-36(10,42-12)31(40)20(5)29-18(3)16-35(9,48-29)32(47-34-28(39)24(37-11)15-19(4)43-34)21(6)30(22(7)33(41)45-25)46-26-14-17(2)27(38)23(8)44-26/h17,19-28,30,32,34,37-39H,13-16H2,1-12H3/t17-,19+,20-,21-,22+,23-,24-,25+,26-,27+,28+,30-,32+,34-,35+,36+/m0/s1. The van der Waals surface area contributed by atoms with Gasteiger partial charge in [0, 0.05) is 31.9 Å². The summed E-state index contributed by atoms with van der Waals surface area (Å²) in [6.07, 6.45) is -4.77. The van der Waals surface area contributed by atoms with Gasteiger partial charge in [0.15, 0.2) is 24.0 Å². The van der Waals surface area contributed by atoms with Gasteiger partial charge in [0.2, 0.25) is 0 Å². The van der Waals surface area contributed by atoms with E-state index in [-0.39, 0.29) is 23.8 Å². The summed E-state index contributed by atoms with van der Waals surface area (Å²) in [4.78, 5) is 28.4. The van der Waals surface area contributed by atoms with Crippen LogP contribution < -0.4 is 5.32 Å². The van der Waals surface area contributed by atoms with Crippen LogP contribution in [-0.4, -0.2) is 109 Å². The van der Waals surface area contributed by atoms with E-state index in [1.807, 2.05) is 41.5 Å². The Kier molecular flexibility index (Phi) is 12.5. The molecule has 0 aromatic rings. The zero-order valence-corrected chi connectivity index (χ0v) is 31.0. The summed E-state index contributed by atoms with van der Waals surface area (Å²) in [7, 11) is 3.24. The number of ketones is 1. The topological polar surface area (TPSA) is 151 Å². The van der Waals surface area contributed by atoms with Crippen LogP contribution in [0, 0.1) is 23.7 Å². The van der Waals surface area contributed by atoms with E-state index in [0.29, 0.717) is 31.4 Å². The van der Waals surface area contributed by atoms with E-state index in [1.165, 1.54) is 7.11 Å². The number of carbonyl (C=O) groups excluding carboxylic acids is 2. The first-order valence-corrected chi connectivity index (χ1v) is 17.8. The molecule has 2 bridgehead atoms. The highest BCUT2D eigenvalue weighted by Gasteiger charge is 2.55. The van der Waals surface area contributed by atoms with Crippen LogP contribution in [0.15, 0.2) is 11.3 Å². The van der Waals surface area contributed by atoms with E-state index in [4.69, 9.17) is 33.2 Å². The van der Waals surface area contributed by atoms with E-state index in [1.54, 1.807) is 34.7 Å². The number of cyclic esters (lactones) is 1. The molecule has 3 N–H and O–H groups in total. The van der Waals surface area contributed by atoms with Crippen molar-refractivity contribution in [1.82, 2.24) is 5.32 Å². The molecule has 276 valence electrons. The van der Waals surface area contributed by atoms with Crippen molar-refractivity contribution in [3.8, 4) is 0 Å². The lowest BCUT2D eigenvalue weighted by Crippen LogP contribution is -2.59. The monoisotopic (exact) mass is 683 g/mol. The van der Waals surface area contributed by atoms with E-state index in [0.717, 1.165) is 5.57 Å². The van der Waals surface area contributed by atoms with Gasteiger partial charge in [-0.3, -0.25) is 9.59 Å². The predicted octanol–water partition coefficient (Wildman–Crippen LogP) is 3.64. The van der Waals surface area contributed by atoms with Crippen LogP contribution in [0.4, 0.5) is 0 Å². The van der Waals surface area contributed by atoms with Gasteiger partial charge < -0.3 is 48.7 Å². The molecule has 16 atom stereocenters. The normalized spacial score (nSPS) is 47.9. The predicted molar refractivity (Wildman–Crippen MR) is 177 cm³/mol. The Hall–Kier alpha value is -1.64. The number of Topliss-reactive ketones (excluding diaryl/α,β-unsaturated/α-hetero) is 1. The van der Waals surface area contributed by atoms with Gasteiger partial charge in [-0.25, -0.2) is 0 Å². The molecule has 0 amide bonds. The maximum atomic E-state index is 14.2. The summed E-state index contributed by atoms with van der Waals surface area (Å²) in [5.74, 6) is -2.50. The zero-order valence-electron chi connectivity index (χ0n) is 31.0. The molecule has 3 fully saturated rings. The fourth-order valence-electron chi connectivity index (χ4n) is 8.35. The van der Waals surface area contributed by atoms with Gasteiger partial charge >= 0.3 is 5.97 Å². The van der Waals surface area contributed by atoms with Crippen molar-refractivity contribution in [3.63, 3.8) is 0 Å². The molecule has 0 unspecified atom stereocenters. The maximum absolute atomic E-state index is 14.2. The number of carbonyl (C=O) groups is 2. The molecule has 0 aliphatic carbocycles. The van der Waals surface area contributed by atoms with E-state index < -0.39 is 84.1 Å². The quantitative estimate of drug-likeness (QED) is 0.336. The minimum absolute atomic E-state index is 0.103. The molecule has 0 spiro atoms. The van der Waals surface area contributed by atoms with Gasteiger partial charge in [0.1, 0.15) is 29.7 Å². The molecule has 4 rings (SSSR count). The van der Waals surface area contributed by atoms with Crippen molar-refractivity contribution in [2.75, 3.05) is 14.2 Å². The van der Waals surface area contributed by atoms with Crippen LogP contribution in [0.1, 0.15) is 94.9 Å². The van der Waals surface area contributed by atoms with E-state index in [9.17, 15) is 19.8 Å².